The SMILES string of the molecule is CCc1ccccc1NC(=O)c1cc(-c2cccc([N+](=O)[O-])c2)oc1C. The van der Waals surface area contributed by atoms with Gasteiger partial charge in [0.25, 0.3) is 11.6 Å². The molecule has 1 N–H and O–H groups in total. The van der Waals surface area contributed by atoms with E-state index in [2.05, 4.69) is 5.32 Å². The number of rotatable bonds is 5. The summed E-state index contributed by atoms with van der Waals surface area (Å²) in [6.45, 7) is 3.72. The van der Waals surface area contributed by atoms with Crippen molar-refractivity contribution in [1.29, 1.82) is 0 Å². The fourth-order valence-electron chi connectivity index (χ4n) is 2.76. The third-order valence-electron chi connectivity index (χ3n) is 4.15. The van der Waals surface area contributed by atoms with Gasteiger partial charge in [-0.25, -0.2) is 0 Å². The molecule has 3 aromatic rings. The van der Waals surface area contributed by atoms with Crippen molar-refractivity contribution < 1.29 is 14.1 Å². The van der Waals surface area contributed by atoms with E-state index in [1.165, 1.54) is 12.1 Å². The topological polar surface area (TPSA) is 85.4 Å². The van der Waals surface area contributed by atoms with Crippen molar-refractivity contribution in [1.82, 2.24) is 0 Å². The van der Waals surface area contributed by atoms with Crippen molar-refractivity contribution in [3.63, 3.8) is 0 Å². The molecule has 26 heavy (non-hydrogen) atoms. The Morgan fingerprint density at radius 3 is 2.65 bits per heavy atom. The van der Waals surface area contributed by atoms with Crippen LogP contribution in [0.3, 0.4) is 0 Å². The molecule has 0 fully saturated rings. The van der Waals surface area contributed by atoms with E-state index in [0.29, 0.717) is 22.6 Å². The summed E-state index contributed by atoms with van der Waals surface area (Å²) in [5.74, 6) is 0.599. The summed E-state index contributed by atoms with van der Waals surface area (Å²) < 4.78 is 5.67. The lowest BCUT2D eigenvalue weighted by molar-refractivity contribution is -0.384. The standard InChI is InChI=1S/C20H18N2O4/c1-3-14-7-4-5-10-18(14)21-20(23)17-12-19(26-13(17)2)15-8-6-9-16(11-15)22(24)25/h4-12H,3H2,1-2H3,(H,21,23). The summed E-state index contributed by atoms with van der Waals surface area (Å²) in [5.41, 5.74) is 2.73. The number of anilines is 1. The Labute approximate surface area is 150 Å². The first-order valence-corrected chi connectivity index (χ1v) is 8.24. The van der Waals surface area contributed by atoms with Crippen molar-refractivity contribution >= 4 is 17.3 Å². The van der Waals surface area contributed by atoms with Gasteiger partial charge in [0.2, 0.25) is 0 Å². The van der Waals surface area contributed by atoms with Crippen molar-refractivity contribution in [2.24, 2.45) is 0 Å². The second kappa shape index (κ2) is 7.23. The fraction of sp³-hybridized carbons (Fsp3) is 0.150. The molecule has 0 saturated carbocycles. The maximum Gasteiger partial charge on any atom is 0.270 e. The Morgan fingerprint density at radius 2 is 1.92 bits per heavy atom. The monoisotopic (exact) mass is 350 g/mol. The molecule has 0 aliphatic rings. The summed E-state index contributed by atoms with van der Waals surface area (Å²) in [5, 5.41) is 13.8. The predicted molar refractivity (Wildman–Crippen MR) is 99.3 cm³/mol. The quantitative estimate of drug-likeness (QED) is 0.519. The van der Waals surface area contributed by atoms with Crippen LogP contribution >= 0.6 is 0 Å². The van der Waals surface area contributed by atoms with Gasteiger partial charge in [-0.15, -0.1) is 0 Å². The van der Waals surface area contributed by atoms with Crippen molar-refractivity contribution in [2.75, 3.05) is 5.32 Å². The van der Waals surface area contributed by atoms with Gasteiger partial charge < -0.3 is 9.73 Å². The smallest absolute Gasteiger partial charge is 0.270 e. The van der Waals surface area contributed by atoms with Gasteiger partial charge in [-0.1, -0.05) is 37.3 Å². The number of nitrogens with one attached hydrogen (secondary N) is 1. The van der Waals surface area contributed by atoms with Crippen LogP contribution < -0.4 is 5.32 Å². The van der Waals surface area contributed by atoms with E-state index in [1.807, 2.05) is 31.2 Å². The Balaban J connectivity index is 1.89. The van der Waals surface area contributed by atoms with Crippen LogP contribution in [0, 0.1) is 17.0 Å². The maximum absolute atomic E-state index is 12.6. The first-order valence-electron chi connectivity index (χ1n) is 8.24. The van der Waals surface area contributed by atoms with E-state index >= 15 is 0 Å². The average molecular weight is 350 g/mol. The van der Waals surface area contributed by atoms with Crippen molar-refractivity contribution in [3.8, 4) is 11.3 Å². The zero-order chi connectivity index (χ0) is 18.7. The zero-order valence-electron chi connectivity index (χ0n) is 14.5. The first kappa shape index (κ1) is 17.4. The zero-order valence-corrected chi connectivity index (χ0v) is 14.5. The number of furan rings is 1. The van der Waals surface area contributed by atoms with Gasteiger partial charge in [0.1, 0.15) is 11.5 Å². The second-order valence-corrected chi connectivity index (χ2v) is 5.85. The maximum atomic E-state index is 12.6. The van der Waals surface area contributed by atoms with E-state index in [0.717, 1.165) is 17.7 Å². The molecule has 0 saturated heterocycles. The molecule has 2 aromatic carbocycles. The van der Waals surface area contributed by atoms with E-state index in [4.69, 9.17) is 4.42 Å². The molecule has 0 bridgehead atoms. The highest BCUT2D eigenvalue weighted by Crippen LogP contribution is 2.28. The molecule has 0 aliphatic heterocycles. The number of hydrogen-bond donors (Lipinski definition) is 1. The largest absolute Gasteiger partial charge is 0.461 e. The minimum absolute atomic E-state index is 0.0283. The second-order valence-electron chi connectivity index (χ2n) is 5.85. The molecule has 3 rings (SSSR count). The highest BCUT2D eigenvalue weighted by molar-refractivity contribution is 6.06. The van der Waals surface area contributed by atoms with Crippen LogP contribution in [-0.4, -0.2) is 10.8 Å². The minimum atomic E-state index is -0.464. The van der Waals surface area contributed by atoms with Crippen molar-refractivity contribution in [3.05, 3.63) is 81.6 Å². The summed E-state index contributed by atoms with van der Waals surface area (Å²) in [6.07, 6.45) is 0.805. The van der Waals surface area contributed by atoms with Crippen LogP contribution in [0.25, 0.3) is 11.3 Å². The Morgan fingerprint density at radius 1 is 1.15 bits per heavy atom. The lowest BCUT2D eigenvalue weighted by Gasteiger charge is -2.08. The van der Waals surface area contributed by atoms with Gasteiger partial charge in [-0.2, -0.15) is 0 Å². The molecule has 6 nitrogen and oxygen atoms in total. The van der Waals surface area contributed by atoms with Gasteiger partial charge >= 0.3 is 0 Å². The van der Waals surface area contributed by atoms with Crippen molar-refractivity contribution in [2.45, 2.75) is 20.3 Å². The minimum Gasteiger partial charge on any atom is -0.461 e. The number of aryl methyl sites for hydroxylation is 2. The first-order chi connectivity index (χ1) is 12.5. The number of hydrogen-bond acceptors (Lipinski definition) is 4. The van der Waals surface area contributed by atoms with Crippen LogP contribution in [0.2, 0.25) is 0 Å². The number of nitro groups is 1. The Hall–Kier alpha value is -3.41. The number of amides is 1. The Kier molecular flexibility index (Phi) is 4.84. The summed E-state index contributed by atoms with van der Waals surface area (Å²) in [4.78, 5) is 23.1. The normalized spacial score (nSPS) is 10.5. The molecule has 132 valence electrons. The summed E-state index contributed by atoms with van der Waals surface area (Å²) in [6, 6.07) is 15.4. The number of nitrogens with zero attached hydrogens (tertiary/aromatic N) is 1. The van der Waals surface area contributed by atoms with Gasteiger partial charge in [-0.3, -0.25) is 14.9 Å². The summed E-state index contributed by atoms with van der Waals surface area (Å²) >= 11 is 0. The highest BCUT2D eigenvalue weighted by atomic mass is 16.6. The number of para-hydroxylation sites is 1. The number of benzene rings is 2. The van der Waals surface area contributed by atoms with Gasteiger partial charge in [-0.05, 0) is 31.0 Å². The highest BCUT2D eigenvalue weighted by Gasteiger charge is 2.18. The van der Waals surface area contributed by atoms with Gasteiger partial charge in [0.15, 0.2) is 0 Å². The third kappa shape index (κ3) is 3.49. The summed E-state index contributed by atoms with van der Waals surface area (Å²) in [7, 11) is 0. The average Bonchev–Trinajstić information content (AvgIpc) is 3.04. The lowest BCUT2D eigenvalue weighted by Crippen LogP contribution is -2.13. The van der Waals surface area contributed by atoms with E-state index in [1.54, 1.807) is 25.1 Å². The van der Waals surface area contributed by atoms with Crippen LogP contribution in [0.4, 0.5) is 11.4 Å². The molecule has 1 amide bonds. The van der Waals surface area contributed by atoms with Crippen LogP contribution in [0.5, 0.6) is 0 Å². The molecule has 6 heteroatoms. The molecule has 0 radical (unpaired) electrons. The molecular weight excluding hydrogens is 332 g/mol. The molecule has 1 aromatic heterocycles. The van der Waals surface area contributed by atoms with Crippen LogP contribution in [-0.2, 0) is 6.42 Å². The van der Waals surface area contributed by atoms with E-state index in [-0.39, 0.29) is 11.6 Å². The number of nitro benzene ring substituents is 1. The predicted octanol–water partition coefficient (Wildman–Crippen LogP) is 4.98. The van der Waals surface area contributed by atoms with Gasteiger partial charge in [0, 0.05) is 23.4 Å². The molecule has 0 aliphatic carbocycles. The van der Waals surface area contributed by atoms with E-state index < -0.39 is 4.92 Å². The lowest BCUT2D eigenvalue weighted by atomic mass is 10.1. The number of carbonyl (C=O) groups is 1. The number of carbonyl (C=O) groups excluding carboxylic acids is 1. The van der Waals surface area contributed by atoms with Crippen LogP contribution in [0.15, 0.2) is 59.0 Å². The molecular formula is C20H18N2O4. The Bertz CT molecular complexity index is 975. The van der Waals surface area contributed by atoms with Gasteiger partial charge in [0.05, 0.1) is 10.5 Å². The molecule has 0 atom stereocenters. The fourth-order valence-corrected chi connectivity index (χ4v) is 2.76. The molecule has 0 unspecified atom stereocenters. The van der Waals surface area contributed by atoms with E-state index in [9.17, 15) is 14.9 Å². The molecule has 1 heterocycles. The molecule has 0 spiro atoms. The third-order valence-corrected chi connectivity index (χ3v) is 4.15. The number of non-ortho nitro benzene ring substituents is 1. The van der Waals surface area contributed by atoms with Crippen LogP contribution in [0.1, 0.15) is 28.6 Å².